The lowest BCUT2D eigenvalue weighted by Crippen LogP contribution is -2.26. The molecule has 0 aliphatic carbocycles. The van der Waals surface area contributed by atoms with Gasteiger partial charge in [-0.15, -0.1) is 0 Å². The minimum Gasteiger partial charge on any atom is -0.446 e. The molecule has 0 aliphatic rings. The predicted molar refractivity (Wildman–Crippen MR) is 30.5 cm³/mol. The number of carbonyl (C=O) groups is 2. The highest BCUT2D eigenvalue weighted by atomic mass is 16.5. The Morgan fingerprint density at radius 1 is 1.78 bits per heavy atom. The summed E-state index contributed by atoms with van der Waals surface area (Å²) in [6.07, 6.45) is 0. The minimum absolute atomic E-state index is 0.0266. The van der Waals surface area contributed by atoms with E-state index in [-0.39, 0.29) is 12.6 Å². The topological polar surface area (TPSA) is 46.6 Å². The van der Waals surface area contributed by atoms with E-state index in [0.717, 1.165) is 0 Å². The Morgan fingerprint density at radius 2 is 2.33 bits per heavy atom. The summed E-state index contributed by atoms with van der Waals surface area (Å²) in [4.78, 5) is 21.2. The van der Waals surface area contributed by atoms with Crippen LogP contribution in [-0.4, -0.2) is 31.1 Å². The smallest absolute Gasteiger partial charge is 0.294 e. The standard InChI is InChI=1S/C5H9NO3/c1-5(8)6(2)3-9-4-7/h4H,3H2,1-2H3. The predicted octanol–water partition coefficient (Wildman–Crippen LogP) is -0.405. The van der Waals surface area contributed by atoms with Gasteiger partial charge in [0.1, 0.15) is 0 Å². The Bertz CT molecular complexity index is 113. The van der Waals surface area contributed by atoms with E-state index >= 15 is 0 Å². The molecule has 0 bridgehead atoms. The second-order valence-electron chi connectivity index (χ2n) is 1.61. The highest BCUT2D eigenvalue weighted by Gasteiger charge is 1.98. The molecule has 0 saturated carbocycles. The van der Waals surface area contributed by atoms with Crippen molar-refractivity contribution in [1.82, 2.24) is 4.90 Å². The van der Waals surface area contributed by atoms with Crippen molar-refractivity contribution in [2.75, 3.05) is 13.8 Å². The molecule has 0 aromatic carbocycles. The average Bonchev–Trinajstić information content (AvgIpc) is 1.82. The van der Waals surface area contributed by atoms with Crippen LogP contribution in [0.25, 0.3) is 0 Å². The zero-order valence-electron chi connectivity index (χ0n) is 5.46. The lowest BCUT2D eigenvalue weighted by Gasteiger charge is -2.11. The molecular weight excluding hydrogens is 122 g/mol. The first-order valence-electron chi connectivity index (χ1n) is 2.45. The molecular formula is C5H9NO3. The van der Waals surface area contributed by atoms with Crippen molar-refractivity contribution in [3.8, 4) is 0 Å². The number of hydrogen-bond acceptors (Lipinski definition) is 3. The first kappa shape index (κ1) is 7.94. The van der Waals surface area contributed by atoms with E-state index < -0.39 is 0 Å². The van der Waals surface area contributed by atoms with Crippen LogP contribution in [0.2, 0.25) is 0 Å². The molecule has 52 valence electrons. The van der Waals surface area contributed by atoms with Crippen LogP contribution in [0.4, 0.5) is 0 Å². The molecule has 4 nitrogen and oxygen atoms in total. The number of nitrogens with zero attached hydrogens (tertiary/aromatic N) is 1. The summed E-state index contributed by atoms with van der Waals surface area (Å²) in [6, 6.07) is 0. The van der Waals surface area contributed by atoms with E-state index in [1.807, 2.05) is 0 Å². The highest BCUT2D eigenvalue weighted by molar-refractivity contribution is 5.72. The highest BCUT2D eigenvalue weighted by Crippen LogP contribution is 1.81. The van der Waals surface area contributed by atoms with Gasteiger partial charge >= 0.3 is 0 Å². The molecule has 0 radical (unpaired) electrons. The lowest BCUT2D eigenvalue weighted by molar-refractivity contribution is -0.140. The zero-order valence-corrected chi connectivity index (χ0v) is 5.46. The van der Waals surface area contributed by atoms with Gasteiger partial charge in [-0.3, -0.25) is 9.59 Å². The van der Waals surface area contributed by atoms with Gasteiger partial charge in [-0.2, -0.15) is 0 Å². The van der Waals surface area contributed by atoms with Crippen LogP contribution in [0.5, 0.6) is 0 Å². The maximum Gasteiger partial charge on any atom is 0.294 e. The molecule has 9 heavy (non-hydrogen) atoms. The largest absolute Gasteiger partial charge is 0.446 e. The van der Waals surface area contributed by atoms with Crippen LogP contribution < -0.4 is 0 Å². The molecule has 0 aliphatic heterocycles. The van der Waals surface area contributed by atoms with Crippen molar-refractivity contribution in [2.45, 2.75) is 6.92 Å². The monoisotopic (exact) mass is 131 g/mol. The zero-order chi connectivity index (χ0) is 7.28. The summed E-state index contributed by atoms with van der Waals surface area (Å²) in [5.41, 5.74) is 0. The quantitative estimate of drug-likeness (QED) is 0.386. The van der Waals surface area contributed by atoms with Gasteiger partial charge in [0, 0.05) is 14.0 Å². The minimum atomic E-state index is -0.128. The number of carbonyl (C=O) groups excluding carboxylic acids is 2. The van der Waals surface area contributed by atoms with Crippen molar-refractivity contribution in [3.63, 3.8) is 0 Å². The number of hydrogen-bond donors (Lipinski definition) is 0. The fourth-order valence-electron chi connectivity index (χ4n) is 0.233. The maximum absolute atomic E-state index is 10.4. The SMILES string of the molecule is CC(=O)N(C)COC=O. The van der Waals surface area contributed by atoms with Gasteiger partial charge < -0.3 is 9.64 Å². The van der Waals surface area contributed by atoms with Crippen LogP contribution >= 0.6 is 0 Å². The molecule has 0 spiro atoms. The fraction of sp³-hybridized carbons (Fsp3) is 0.600. The van der Waals surface area contributed by atoms with Crippen LogP contribution in [-0.2, 0) is 14.3 Å². The van der Waals surface area contributed by atoms with Gasteiger partial charge in [0.25, 0.3) is 6.47 Å². The van der Waals surface area contributed by atoms with Gasteiger partial charge in [0.15, 0.2) is 6.73 Å². The summed E-state index contributed by atoms with van der Waals surface area (Å²) in [6.45, 7) is 1.73. The van der Waals surface area contributed by atoms with Crippen LogP contribution in [0.3, 0.4) is 0 Å². The first-order chi connectivity index (χ1) is 4.18. The Hall–Kier alpha value is -1.06. The van der Waals surface area contributed by atoms with Crippen molar-refractivity contribution in [1.29, 1.82) is 0 Å². The second kappa shape index (κ2) is 3.88. The molecule has 0 N–H and O–H groups in total. The summed E-state index contributed by atoms with van der Waals surface area (Å²) in [5.74, 6) is -0.128. The van der Waals surface area contributed by atoms with Crippen molar-refractivity contribution >= 4 is 12.4 Å². The molecule has 0 rings (SSSR count). The molecule has 4 heteroatoms. The number of amides is 1. The summed E-state index contributed by atoms with van der Waals surface area (Å²) < 4.78 is 4.28. The van der Waals surface area contributed by atoms with E-state index in [2.05, 4.69) is 4.74 Å². The molecule has 0 heterocycles. The molecule has 0 aromatic rings. The third-order valence-electron chi connectivity index (χ3n) is 0.874. The second-order valence-corrected chi connectivity index (χ2v) is 1.61. The number of ether oxygens (including phenoxy) is 1. The Balaban J connectivity index is 3.37. The van der Waals surface area contributed by atoms with E-state index in [0.29, 0.717) is 6.47 Å². The lowest BCUT2D eigenvalue weighted by atomic mass is 10.6. The third-order valence-corrected chi connectivity index (χ3v) is 0.874. The van der Waals surface area contributed by atoms with Crippen molar-refractivity contribution in [2.24, 2.45) is 0 Å². The van der Waals surface area contributed by atoms with Gasteiger partial charge in [-0.25, -0.2) is 0 Å². The molecule has 0 saturated heterocycles. The first-order valence-corrected chi connectivity index (χ1v) is 2.45. The van der Waals surface area contributed by atoms with Crippen molar-refractivity contribution in [3.05, 3.63) is 0 Å². The Morgan fingerprint density at radius 3 is 2.67 bits per heavy atom. The van der Waals surface area contributed by atoms with Crippen LogP contribution in [0.15, 0.2) is 0 Å². The summed E-state index contributed by atoms with van der Waals surface area (Å²) >= 11 is 0. The Kier molecular flexibility index (Phi) is 3.43. The van der Waals surface area contributed by atoms with E-state index in [4.69, 9.17) is 0 Å². The Labute approximate surface area is 53.4 Å². The normalized spacial score (nSPS) is 8.22. The molecule has 0 fully saturated rings. The fourth-order valence-corrected chi connectivity index (χ4v) is 0.233. The van der Waals surface area contributed by atoms with Crippen molar-refractivity contribution < 1.29 is 14.3 Å². The number of rotatable bonds is 3. The third kappa shape index (κ3) is 3.52. The van der Waals surface area contributed by atoms with Gasteiger partial charge in [0.05, 0.1) is 0 Å². The maximum atomic E-state index is 10.4. The molecule has 0 unspecified atom stereocenters. The molecule has 0 atom stereocenters. The van der Waals surface area contributed by atoms with E-state index in [1.165, 1.54) is 11.8 Å². The average molecular weight is 131 g/mol. The van der Waals surface area contributed by atoms with E-state index in [1.54, 1.807) is 7.05 Å². The van der Waals surface area contributed by atoms with Gasteiger partial charge in [-0.05, 0) is 0 Å². The summed E-state index contributed by atoms with van der Waals surface area (Å²) in [5, 5.41) is 0. The van der Waals surface area contributed by atoms with Gasteiger partial charge in [0.2, 0.25) is 5.91 Å². The molecule has 0 aromatic heterocycles. The molecule has 1 amide bonds. The van der Waals surface area contributed by atoms with Crippen LogP contribution in [0, 0.1) is 0 Å². The van der Waals surface area contributed by atoms with Gasteiger partial charge in [-0.1, -0.05) is 0 Å². The summed E-state index contributed by atoms with van der Waals surface area (Å²) in [7, 11) is 1.55. The van der Waals surface area contributed by atoms with E-state index in [9.17, 15) is 9.59 Å². The van der Waals surface area contributed by atoms with Crippen LogP contribution in [0.1, 0.15) is 6.92 Å².